The number of nitrogens with zero attached hydrogens (tertiary/aromatic N) is 5. The Balaban J connectivity index is 1.46. The lowest BCUT2D eigenvalue weighted by atomic mass is 10.2. The Morgan fingerprint density at radius 3 is 2.80 bits per heavy atom. The predicted molar refractivity (Wildman–Crippen MR) is 112 cm³/mol. The molecule has 0 aliphatic heterocycles. The number of fused-ring (bicyclic) bond motifs is 1. The molecule has 0 unspecified atom stereocenters. The first kappa shape index (κ1) is 19.9. The van der Waals surface area contributed by atoms with E-state index in [9.17, 15) is 9.59 Å². The van der Waals surface area contributed by atoms with Crippen molar-refractivity contribution in [2.45, 2.75) is 13.8 Å². The van der Waals surface area contributed by atoms with Gasteiger partial charge in [-0.05, 0) is 44.2 Å². The topological polar surface area (TPSA) is 112 Å². The Kier molecular flexibility index (Phi) is 5.42. The fourth-order valence-electron chi connectivity index (χ4n) is 2.85. The van der Waals surface area contributed by atoms with E-state index in [4.69, 9.17) is 16.3 Å². The number of nitrogens with one attached hydrogen (secondary N) is 1. The lowest BCUT2D eigenvalue weighted by Crippen LogP contribution is -2.22. The summed E-state index contributed by atoms with van der Waals surface area (Å²) in [4.78, 5) is 29.0. The lowest BCUT2D eigenvalue weighted by molar-refractivity contribution is -0.119. The molecular weight excluding hydrogens is 428 g/mol. The summed E-state index contributed by atoms with van der Waals surface area (Å²) >= 11 is 7.16. The molecule has 3 heterocycles. The summed E-state index contributed by atoms with van der Waals surface area (Å²) in [7, 11) is 0. The number of halogens is 1. The monoisotopic (exact) mass is 442 g/mol. The Hall–Kier alpha value is -3.37. The fraction of sp³-hybridized carbons (Fsp3) is 0.158. The van der Waals surface area contributed by atoms with Crippen LogP contribution in [-0.4, -0.2) is 42.0 Å². The van der Waals surface area contributed by atoms with Gasteiger partial charge in [0.15, 0.2) is 18.1 Å². The van der Waals surface area contributed by atoms with Crippen molar-refractivity contribution in [3.8, 4) is 5.82 Å². The van der Waals surface area contributed by atoms with E-state index in [1.807, 2.05) is 19.9 Å². The molecule has 0 aliphatic carbocycles. The van der Waals surface area contributed by atoms with Crippen LogP contribution in [0.1, 0.15) is 21.9 Å². The zero-order valence-corrected chi connectivity index (χ0v) is 17.5. The molecule has 1 N–H and O–H groups in total. The number of aromatic nitrogens is 5. The Morgan fingerprint density at radius 2 is 2.03 bits per heavy atom. The van der Waals surface area contributed by atoms with Crippen molar-refractivity contribution in [2.24, 2.45) is 0 Å². The minimum Gasteiger partial charge on any atom is -0.451 e. The van der Waals surface area contributed by atoms with E-state index >= 15 is 0 Å². The van der Waals surface area contributed by atoms with Gasteiger partial charge in [-0.2, -0.15) is 13.8 Å². The molecule has 0 fully saturated rings. The number of carbonyl (C=O) groups excluding carboxylic acids is 2. The van der Waals surface area contributed by atoms with Gasteiger partial charge in [-0.25, -0.2) is 14.5 Å². The number of carbonyl (C=O) groups is 2. The van der Waals surface area contributed by atoms with Crippen LogP contribution in [0.5, 0.6) is 0 Å². The van der Waals surface area contributed by atoms with Crippen LogP contribution in [0, 0.1) is 13.8 Å². The average molecular weight is 443 g/mol. The first-order valence-electron chi connectivity index (χ1n) is 8.81. The largest absolute Gasteiger partial charge is 0.451 e. The third-order valence-electron chi connectivity index (χ3n) is 4.15. The van der Waals surface area contributed by atoms with Gasteiger partial charge in [0, 0.05) is 5.69 Å². The summed E-state index contributed by atoms with van der Waals surface area (Å²) in [5.41, 5.74) is 3.31. The van der Waals surface area contributed by atoms with Crippen molar-refractivity contribution in [3.63, 3.8) is 0 Å². The van der Waals surface area contributed by atoms with Crippen LogP contribution in [0.3, 0.4) is 0 Å². The minimum absolute atomic E-state index is 0.0969. The summed E-state index contributed by atoms with van der Waals surface area (Å²) < 4.78 is 15.0. The summed E-state index contributed by atoms with van der Waals surface area (Å²) in [6, 6.07) is 10.3. The number of esters is 1. The van der Waals surface area contributed by atoms with Crippen molar-refractivity contribution in [2.75, 3.05) is 11.9 Å². The third-order valence-corrected chi connectivity index (χ3v) is 4.99. The Bertz CT molecular complexity index is 1270. The van der Waals surface area contributed by atoms with Crippen LogP contribution >= 0.6 is 23.3 Å². The van der Waals surface area contributed by atoms with Crippen LogP contribution in [0.15, 0.2) is 36.4 Å². The van der Waals surface area contributed by atoms with E-state index in [0.717, 1.165) is 23.1 Å². The predicted octanol–water partition coefficient (Wildman–Crippen LogP) is 3.34. The van der Waals surface area contributed by atoms with Crippen molar-refractivity contribution < 1.29 is 14.3 Å². The van der Waals surface area contributed by atoms with E-state index in [-0.39, 0.29) is 10.7 Å². The van der Waals surface area contributed by atoms with Crippen molar-refractivity contribution in [1.82, 2.24) is 23.5 Å². The summed E-state index contributed by atoms with van der Waals surface area (Å²) in [6.45, 7) is 3.22. The van der Waals surface area contributed by atoms with E-state index in [1.165, 1.54) is 6.07 Å². The zero-order chi connectivity index (χ0) is 21.3. The van der Waals surface area contributed by atoms with Crippen LogP contribution in [0.2, 0.25) is 5.02 Å². The zero-order valence-electron chi connectivity index (χ0n) is 15.9. The van der Waals surface area contributed by atoms with Gasteiger partial charge in [-0.3, -0.25) is 4.79 Å². The second-order valence-corrected chi connectivity index (χ2v) is 7.34. The van der Waals surface area contributed by atoms with Crippen LogP contribution in [-0.2, 0) is 9.53 Å². The molecule has 3 aromatic heterocycles. The Labute approximate surface area is 180 Å². The number of hydrogen-bond donors (Lipinski definition) is 1. The molecule has 4 rings (SSSR count). The standard InChI is InChI=1S/C19H15ClN6O3S/c1-10-8-11(2)26(23-10)15-7-6-12(20)17(22-15)19(28)29-9-16(27)21-13-4-3-5-14-18(13)25-30-24-14/h3-8H,9H2,1-2H3,(H,21,27). The molecule has 0 bridgehead atoms. The van der Waals surface area contributed by atoms with Crippen molar-refractivity contribution in [3.05, 3.63) is 58.5 Å². The maximum atomic E-state index is 12.5. The van der Waals surface area contributed by atoms with Crippen LogP contribution in [0.4, 0.5) is 5.69 Å². The molecule has 30 heavy (non-hydrogen) atoms. The molecule has 0 atom stereocenters. The molecule has 1 amide bonds. The number of pyridine rings is 1. The fourth-order valence-corrected chi connectivity index (χ4v) is 3.58. The summed E-state index contributed by atoms with van der Waals surface area (Å²) in [5, 5.41) is 7.11. The van der Waals surface area contributed by atoms with E-state index in [0.29, 0.717) is 22.5 Å². The molecule has 0 radical (unpaired) electrons. The van der Waals surface area contributed by atoms with Crippen LogP contribution in [0.25, 0.3) is 16.9 Å². The summed E-state index contributed by atoms with van der Waals surface area (Å²) in [6.07, 6.45) is 0. The van der Waals surface area contributed by atoms with E-state index in [2.05, 4.69) is 24.1 Å². The van der Waals surface area contributed by atoms with Gasteiger partial charge in [-0.1, -0.05) is 17.7 Å². The molecule has 9 nitrogen and oxygen atoms in total. The molecule has 0 aliphatic rings. The third kappa shape index (κ3) is 4.00. The maximum absolute atomic E-state index is 12.5. The highest BCUT2D eigenvalue weighted by Gasteiger charge is 2.18. The molecule has 0 saturated heterocycles. The molecule has 4 aromatic rings. The number of ether oxygens (including phenoxy) is 1. The highest BCUT2D eigenvalue weighted by atomic mass is 35.5. The number of rotatable bonds is 5. The van der Waals surface area contributed by atoms with Gasteiger partial charge in [0.2, 0.25) is 0 Å². The second-order valence-electron chi connectivity index (χ2n) is 6.40. The van der Waals surface area contributed by atoms with Gasteiger partial charge in [0.05, 0.1) is 28.1 Å². The number of aryl methyl sites for hydroxylation is 2. The highest BCUT2D eigenvalue weighted by Crippen LogP contribution is 2.21. The van der Waals surface area contributed by atoms with Gasteiger partial charge in [0.25, 0.3) is 5.91 Å². The number of anilines is 1. The minimum atomic E-state index is -0.813. The van der Waals surface area contributed by atoms with E-state index in [1.54, 1.807) is 28.9 Å². The van der Waals surface area contributed by atoms with Crippen LogP contribution < -0.4 is 5.32 Å². The summed E-state index contributed by atoms with van der Waals surface area (Å²) in [5.74, 6) is -0.911. The molecular formula is C19H15ClN6O3S. The quantitative estimate of drug-likeness (QED) is 0.471. The first-order valence-corrected chi connectivity index (χ1v) is 9.91. The van der Waals surface area contributed by atoms with Gasteiger partial charge in [0.1, 0.15) is 11.0 Å². The van der Waals surface area contributed by atoms with Gasteiger partial charge < -0.3 is 10.1 Å². The number of benzene rings is 1. The number of hydrogen-bond acceptors (Lipinski definition) is 8. The maximum Gasteiger partial charge on any atom is 0.359 e. The average Bonchev–Trinajstić information content (AvgIpc) is 3.33. The lowest BCUT2D eigenvalue weighted by Gasteiger charge is -2.09. The number of amides is 1. The smallest absolute Gasteiger partial charge is 0.359 e. The normalized spacial score (nSPS) is 10.9. The molecule has 0 saturated carbocycles. The molecule has 152 valence electrons. The highest BCUT2D eigenvalue weighted by molar-refractivity contribution is 7.00. The van der Waals surface area contributed by atoms with E-state index < -0.39 is 18.5 Å². The van der Waals surface area contributed by atoms with Crippen molar-refractivity contribution in [1.29, 1.82) is 0 Å². The first-order chi connectivity index (χ1) is 14.4. The Morgan fingerprint density at radius 1 is 1.20 bits per heavy atom. The second kappa shape index (κ2) is 8.17. The SMILES string of the molecule is Cc1cc(C)n(-c2ccc(Cl)c(C(=O)OCC(=O)Nc3cccc4nsnc34)n2)n1. The van der Waals surface area contributed by atoms with Gasteiger partial charge in [-0.15, -0.1) is 0 Å². The molecule has 0 spiro atoms. The van der Waals surface area contributed by atoms with Gasteiger partial charge >= 0.3 is 5.97 Å². The van der Waals surface area contributed by atoms with Crippen molar-refractivity contribution >= 4 is 51.9 Å². The molecule has 11 heteroatoms. The molecule has 1 aromatic carbocycles.